The van der Waals surface area contributed by atoms with Crippen LogP contribution in [-0.2, 0) is 19.6 Å². The van der Waals surface area contributed by atoms with Crippen LogP contribution >= 0.6 is 11.6 Å². The first-order valence-corrected chi connectivity index (χ1v) is 15.3. The molecule has 0 aliphatic carbocycles. The molecule has 0 atom stereocenters. The lowest BCUT2D eigenvalue weighted by Gasteiger charge is -2.24. The molecule has 0 aliphatic heterocycles. The Morgan fingerprint density at radius 2 is 1.65 bits per heavy atom. The number of carbonyl (C=O) groups excluding carboxylic acids is 2. The van der Waals surface area contributed by atoms with Crippen molar-refractivity contribution in [3.05, 3.63) is 117 Å². The van der Waals surface area contributed by atoms with Crippen molar-refractivity contribution in [2.75, 3.05) is 29.9 Å². The number of amides is 2. The average molecular weight is 666 g/mol. The Hall–Kier alpha value is -5.47. The van der Waals surface area contributed by atoms with E-state index in [0.29, 0.717) is 27.8 Å². The molecule has 15 heteroatoms. The number of hydrogen-bond donors (Lipinski definition) is 2. The van der Waals surface area contributed by atoms with Gasteiger partial charge >= 0.3 is 0 Å². The van der Waals surface area contributed by atoms with Gasteiger partial charge in [-0.2, -0.15) is 5.10 Å². The maximum atomic E-state index is 13.6. The Bertz CT molecular complexity index is 1870. The smallest absolute Gasteiger partial charge is 0.273 e. The molecule has 0 bridgehead atoms. The van der Waals surface area contributed by atoms with Crippen molar-refractivity contribution in [1.82, 2.24) is 5.43 Å². The minimum absolute atomic E-state index is 0.124. The van der Waals surface area contributed by atoms with Gasteiger partial charge in [0.2, 0.25) is 0 Å². The molecule has 0 heterocycles. The molecule has 13 nitrogen and oxygen atoms in total. The zero-order valence-corrected chi connectivity index (χ0v) is 26.1. The van der Waals surface area contributed by atoms with Crippen molar-refractivity contribution >= 4 is 56.7 Å². The van der Waals surface area contributed by atoms with E-state index in [9.17, 15) is 28.1 Å². The SMILES string of the molecule is COc1ccc(N(CC(=O)NN=Cc2ccc(OCC(=O)Nc3ccccc3Cl)cc2)S(=O)(=O)c2ccc(C)c([N+](=O)[O-])c2)cc1. The molecule has 2 amide bonds. The first kappa shape index (κ1) is 33.4. The summed E-state index contributed by atoms with van der Waals surface area (Å²) in [6.07, 6.45) is 1.33. The molecular weight excluding hydrogens is 638 g/mol. The molecule has 46 heavy (non-hydrogen) atoms. The Kier molecular flexibility index (Phi) is 10.9. The quantitative estimate of drug-likeness (QED) is 0.115. The zero-order chi connectivity index (χ0) is 33.3. The number of hydrazone groups is 1. The van der Waals surface area contributed by atoms with Gasteiger partial charge in [0, 0.05) is 11.6 Å². The van der Waals surface area contributed by atoms with Gasteiger partial charge < -0.3 is 14.8 Å². The van der Waals surface area contributed by atoms with E-state index in [1.54, 1.807) is 48.5 Å². The number of para-hydroxylation sites is 1. The van der Waals surface area contributed by atoms with Gasteiger partial charge in [0.25, 0.3) is 27.5 Å². The number of nitrogens with one attached hydrogen (secondary N) is 2. The highest BCUT2D eigenvalue weighted by molar-refractivity contribution is 7.92. The number of hydrogen-bond acceptors (Lipinski definition) is 9. The van der Waals surface area contributed by atoms with Gasteiger partial charge in [-0.3, -0.25) is 24.0 Å². The number of rotatable bonds is 13. The highest BCUT2D eigenvalue weighted by atomic mass is 35.5. The number of carbonyl (C=O) groups is 2. The summed E-state index contributed by atoms with van der Waals surface area (Å²) in [6, 6.07) is 22.7. The van der Waals surface area contributed by atoms with Crippen LogP contribution in [0, 0.1) is 17.0 Å². The number of ether oxygens (including phenoxy) is 2. The monoisotopic (exact) mass is 665 g/mol. The van der Waals surface area contributed by atoms with Gasteiger partial charge in [0.05, 0.1) is 39.5 Å². The maximum absolute atomic E-state index is 13.6. The second-order valence-electron chi connectivity index (χ2n) is 9.59. The van der Waals surface area contributed by atoms with Crippen LogP contribution in [-0.4, -0.2) is 51.6 Å². The molecule has 4 rings (SSSR count). The second kappa shape index (κ2) is 15.0. The van der Waals surface area contributed by atoms with E-state index in [1.165, 1.54) is 56.6 Å². The minimum Gasteiger partial charge on any atom is -0.497 e. The molecule has 0 unspecified atom stereocenters. The molecule has 0 aromatic heterocycles. The molecule has 0 saturated heterocycles. The average Bonchev–Trinajstić information content (AvgIpc) is 3.04. The molecule has 238 valence electrons. The molecule has 0 saturated carbocycles. The zero-order valence-electron chi connectivity index (χ0n) is 24.5. The molecule has 4 aromatic carbocycles. The van der Waals surface area contributed by atoms with Crippen LogP contribution in [0.3, 0.4) is 0 Å². The summed E-state index contributed by atoms with van der Waals surface area (Å²) in [5.41, 5.74) is 3.37. The van der Waals surface area contributed by atoms with Crippen LogP contribution in [0.15, 0.2) is 101 Å². The molecular formula is C31H28ClN5O8S. The van der Waals surface area contributed by atoms with Crippen LogP contribution < -0.4 is 24.5 Å². The number of nitro groups is 1. The van der Waals surface area contributed by atoms with Gasteiger partial charge in [-0.25, -0.2) is 13.8 Å². The maximum Gasteiger partial charge on any atom is 0.273 e. The third-order valence-corrected chi connectivity index (χ3v) is 8.51. The van der Waals surface area contributed by atoms with E-state index in [2.05, 4.69) is 15.8 Å². The van der Waals surface area contributed by atoms with Crippen LogP contribution in [0.5, 0.6) is 11.5 Å². The minimum atomic E-state index is -4.43. The van der Waals surface area contributed by atoms with Gasteiger partial charge in [-0.1, -0.05) is 29.8 Å². The van der Waals surface area contributed by atoms with Gasteiger partial charge in [0.15, 0.2) is 6.61 Å². The van der Waals surface area contributed by atoms with E-state index >= 15 is 0 Å². The van der Waals surface area contributed by atoms with E-state index in [-0.39, 0.29) is 28.4 Å². The predicted molar refractivity (Wildman–Crippen MR) is 173 cm³/mol. The fraction of sp³-hybridized carbons (Fsp3) is 0.129. The highest BCUT2D eigenvalue weighted by Gasteiger charge is 2.29. The van der Waals surface area contributed by atoms with Crippen LogP contribution in [0.2, 0.25) is 5.02 Å². The summed E-state index contributed by atoms with van der Waals surface area (Å²) in [5, 5.41) is 18.4. The normalized spacial score (nSPS) is 11.1. The lowest BCUT2D eigenvalue weighted by atomic mass is 10.2. The largest absolute Gasteiger partial charge is 0.497 e. The lowest BCUT2D eigenvalue weighted by molar-refractivity contribution is -0.385. The highest BCUT2D eigenvalue weighted by Crippen LogP contribution is 2.29. The molecule has 0 aliphatic rings. The summed E-state index contributed by atoms with van der Waals surface area (Å²) in [6.45, 7) is 0.555. The van der Waals surface area contributed by atoms with Gasteiger partial charge in [0.1, 0.15) is 18.0 Å². The Labute approximate surface area is 269 Å². The van der Waals surface area contributed by atoms with E-state index < -0.39 is 33.3 Å². The van der Waals surface area contributed by atoms with Crippen LogP contribution in [0.1, 0.15) is 11.1 Å². The third kappa shape index (κ3) is 8.58. The first-order chi connectivity index (χ1) is 22.0. The lowest BCUT2D eigenvalue weighted by Crippen LogP contribution is -2.39. The number of nitrogens with zero attached hydrogens (tertiary/aromatic N) is 3. The van der Waals surface area contributed by atoms with Crippen LogP contribution in [0.25, 0.3) is 0 Å². The number of nitro benzene ring substituents is 1. The van der Waals surface area contributed by atoms with Crippen molar-refractivity contribution in [2.45, 2.75) is 11.8 Å². The molecule has 0 fully saturated rings. The Balaban J connectivity index is 1.41. The van der Waals surface area contributed by atoms with Gasteiger partial charge in [-0.15, -0.1) is 0 Å². The Morgan fingerprint density at radius 1 is 0.978 bits per heavy atom. The number of aryl methyl sites for hydroxylation is 1. The molecule has 0 radical (unpaired) electrons. The van der Waals surface area contributed by atoms with Crippen molar-refractivity contribution < 1.29 is 32.4 Å². The van der Waals surface area contributed by atoms with E-state index in [1.807, 2.05) is 0 Å². The number of halogens is 1. The fourth-order valence-electron chi connectivity index (χ4n) is 4.03. The first-order valence-electron chi connectivity index (χ1n) is 13.5. The fourth-order valence-corrected chi connectivity index (χ4v) is 5.65. The van der Waals surface area contributed by atoms with Gasteiger partial charge in [-0.05, 0) is 79.2 Å². The number of methoxy groups -OCH3 is 1. The second-order valence-corrected chi connectivity index (χ2v) is 11.9. The van der Waals surface area contributed by atoms with Crippen molar-refractivity contribution in [2.24, 2.45) is 5.10 Å². The third-order valence-electron chi connectivity index (χ3n) is 6.41. The summed E-state index contributed by atoms with van der Waals surface area (Å²) < 4.78 is 38.7. The number of benzene rings is 4. The topological polar surface area (TPSA) is 170 Å². The number of anilines is 2. The summed E-state index contributed by atoms with van der Waals surface area (Å²) in [4.78, 5) is 35.5. The van der Waals surface area contributed by atoms with Crippen molar-refractivity contribution in [3.8, 4) is 11.5 Å². The summed E-state index contributed by atoms with van der Waals surface area (Å²) in [5.74, 6) is -0.306. The van der Waals surface area contributed by atoms with Crippen molar-refractivity contribution in [1.29, 1.82) is 0 Å². The molecule has 2 N–H and O–H groups in total. The number of sulfonamides is 1. The molecule has 0 spiro atoms. The Morgan fingerprint density at radius 3 is 2.30 bits per heavy atom. The van der Waals surface area contributed by atoms with Crippen LogP contribution in [0.4, 0.5) is 17.1 Å². The summed E-state index contributed by atoms with van der Waals surface area (Å²) in [7, 11) is -2.98. The predicted octanol–water partition coefficient (Wildman–Crippen LogP) is 4.93. The standard InChI is InChI=1S/C31H28ClN5O8S/c1-21-7-16-26(17-29(21)37(40)41)46(42,43)36(23-10-14-24(44-2)15-11-23)19-30(38)35-33-18-22-8-12-25(13-9-22)45-20-31(39)34-28-6-4-3-5-27(28)32/h3-18H,19-20H2,1-2H3,(H,34,39)(H,35,38). The molecule has 4 aromatic rings. The summed E-state index contributed by atoms with van der Waals surface area (Å²) >= 11 is 6.04. The van der Waals surface area contributed by atoms with Crippen molar-refractivity contribution in [3.63, 3.8) is 0 Å². The van der Waals surface area contributed by atoms with E-state index in [0.717, 1.165) is 10.4 Å². The van der Waals surface area contributed by atoms with E-state index in [4.69, 9.17) is 21.1 Å².